The monoisotopic (exact) mass is 474 g/mol. The van der Waals surface area contributed by atoms with Gasteiger partial charge >= 0.3 is 0 Å². The third-order valence-corrected chi connectivity index (χ3v) is 8.73. The lowest BCUT2D eigenvalue weighted by Gasteiger charge is -2.32. The molecule has 1 saturated heterocycles. The van der Waals surface area contributed by atoms with Crippen LogP contribution in [0.25, 0.3) is 0 Å². The Morgan fingerprint density at radius 2 is 1.70 bits per heavy atom. The molecule has 1 fully saturated rings. The summed E-state index contributed by atoms with van der Waals surface area (Å²) in [6, 6.07) is 8.50. The maximum absolute atomic E-state index is 13.1. The minimum Gasteiger partial charge on any atom is -0.349 e. The minimum atomic E-state index is -3.64. The smallest absolute Gasteiger partial charge is 0.262 e. The zero-order valence-electron chi connectivity index (χ0n) is 20.7. The standard InChI is InChI=1S/C25H38N4O3S/c1-7-18(4)20-8-10-21(11-9-20)24(17(2)3)27-25(30)22-12-14-29(15-13-22)33(31,32)23-16-28(6)19(5)26-23/h8-11,16-18,22,24H,7,12-15H2,1-6H3,(H,27,30). The second-order valence-electron chi connectivity index (χ2n) is 9.62. The predicted octanol–water partition coefficient (Wildman–Crippen LogP) is 4.16. The van der Waals surface area contributed by atoms with Crippen LogP contribution in [-0.2, 0) is 21.9 Å². The first-order valence-electron chi connectivity index (χ1n) is 11.9. The third kappa shape index (κ3) is 5.66. The molecule has 2 atom stereocenters. The molecule has 0 aliphatic carbocycles. The average molecular weight is 475 g/mol. The number of aromatic nitrogens is 2. The number of benzene rings is 1. The summed E-state index contributed by atoms with van der Waals surface area (Å²) in [5.74, 6) is 1.23. The van der Waals surface area contributed by atoms with Crippen molar-refractivity contribution >= 4 is 15.9 Å². The zero-order chi connectivity index (χ0) is 24.3. The van der Waals surface area contributed by atoms with Gasteiger partial charge in [0.1, 0.15) is 5.82 Å². The summed E-state index contributed by atoms with van der Waals surface area (Å²) in [4.78, 5) is 17.3. The number of hydrogen-bond donors (Lipinski definition) is 1. The Hall–Kier alpha value is -2.19. The lowest BCUT2D eigenvalue weighted by molar-refractivity contribution is -0.127. The highest BCUT2D eigenvalue weighted by molar-refractivity contribution is 7.89. The number of hydrogen-bond acceptors (Lipinski definition) is 4. The first-order valence-corrected chi connectivity index (χ1v) is 13.4. The molecule has 1 aliphatic heterocycles. The van der Waals surface area contributed by atoms with E-state index in [-0.39, 0.29) is 28.8 Å². The van der Waals surface area contributed by atoms with Crippen molar-refractivity contribution in [3.8, 4) is 0 Å². The van der Waals surface area contributed by atoms with Gasteiger partial charge in [-0.05, 0) is 49.1 Å². The average Bonchev–Trinajstić information content (AvgIpc) is 3.15. The van der Waals surface area contributed by atoms with Crippen LogP contribution in [0.5, 0.6) is 0 Å². The van der Waals surface area contributed by atoms with Crippen molar-refractivity contribution in [2.45, 2.75) is 70.9 Å². The Morgan fingerprint density at radius 1 is 1.12 bits per heavy atom. The maximum atomic E-state index is 13.1. The Kier molecular flexibility index (Phi) is 8.00. The highest BCUT2D eigenvalue weighted by atomic mass is 32.2. The summed E-state index contributed by atoms with van der Waals surface area (Å²) in [5.41, 5.74) is 2.42. The van der Waals surface area contributed by atoms with Crippen molar-refractivity contribution in [1.82, 2.24) is 19.2 Å². The lowest BCUT2D eigenvalue weighted by Crippen LogP contribution is -2.44. The van der Waals surface area contributed by atoms with Gasteiger partial charge in [0.15, 0.2) is 5.03 Å². The molecule has 1 aromatic heterocycles. The number of aryl methyl sites for hydroxylation is 2. The minimum absolute atomic E-state index is 0.00503. The van der Waals surface area contributed by atoms with Crippen LogP contribution in [0.4, 0.5) is 0 Å². The number of nitrogens with zero attached hydrogens (tertiary/aromatic N) is 3. The normalized spacial score (nSPS) is 17.8. The number of carbonyl (C=O) groups is 1. The summed E-state index contributed by atoms with van der Waals surface area (Å²) in [6.07, 6.45) is 3.66. The topological polar surface area (TPSA) is 84.3 Å². The van der Waals surface area contributed by atoms with E-state index in [0.717, 1.165) is 12.0 Å². The molecular formula is C25H38N4O3S. The second kappa shape index (κ2) is 10.4. The van der Waals surface area contributed by atoms with Crippen LogP contribution in [0.2, 0.25) is 0 Å². The van der Waals surface area contributed by atoms with Crippen LogP contribution in [-0.4, -0.2) is 41.3 Å². The number of carbonyl (C=O) groups excluding carboxylic acids is 1. The predicted molar refractivity (Wildman–Crippen MR) is 130 cm³/mol. The lowest BCUT2D eigenvalue weighted by atomic mass is 9.91. The third-order valence-electron chi connectivity index (χ3n) is 6.96. The van der Waals surface area contributed by atoms with Crippen LogP contribution in [0.1, 0.15) is 75.9 Å². The Balaban J connectivity index is 1.63. The van der Waals surface area contributed by atoms with E-state index in [4.69, 9.17) is 0 Å². The van der Waals surface area contributed by atoms with Gasteiger partial charge in [-0.15, -0.1) is 0 Å². The van der Waals surface area contributed by atoms with Gasteiger partial charge < -0.3 is 9.88 Å². The van der Waals surface area contributed by atoms with Gasteiger partial charge in [-0.3, -0.25) is 4.79 Å². The molecule has 2 heterocycles. The molecule has 0 radical (unpaired) electrons. The van der Waals surface area contributed by atoms with Gasteiger partial charge in [0.2, 0.25) is 5.91 Å². The molecule has 33 heavy (non-hydrogen) atoms. The molecule has 0 bridgehead atoms. The number of nitrogens with one attached hydrogen (secondary N) is 1. The van der Waals surface area contributed by atoms with Gasteiger partial charge in [0.05, 0.1) is 6.04 Å². The summed E-state index contributed by atoms with van der Waals surface area (Å²) in [5, 5.41) is 3.31. The molecule has 0 saturated carbocycles. The summed E-state index contributed by atoms with van der Waals surface area (Å²) < 4.78 is 29.0. The van der Waals surface area contributed by atoms with Crippen LogP contribution < -0.4 is 5.32 Å². The molecule has 182 valence electrons. The second-order valence-corrected chi connectivity index (χ2v) is 11.5. The molecule has 1 aromatic carbocycles. The molecule has 8 heteroatoms. The number of amides is 1. The molecule has 7 nitrogen and oxygen atoms in total. The summed E-state index contributed by atoms with van der Waals surface area (Å²) >= 11 is 0. The SMILES string of the molecule is CCC(C)c1ccc(C(NC(=O)C2CCN(S(=O)(=O)c3cn(C)c(C)n3)CC2)C(C)C)cc1. The van der Waals surface area contributed by atoms with Crippen molar-refractivity contribution in [3.63, 3.8) is 0 Å². The molecule has 0 spiro atoms. The van der Waals surface area contributed by atoms with E-state index in [2.05, 4.69) is 62.3 Å². The molecule has 1 amide bonds. The van der Waals surface area contributed by atoms with E-state index in [1.54, 1.807) is 24.7 Å². The highest BCUT2D eigenvalue weighted by Crippen LogP contribution is 2.28. The van der Waals surface area contributed by atoms with Gasteiger partial charge in [-0.2, -0.15) is 4.31 Å². The molecule has 1 aliphatic rings. The fourth-order valence-corrected chi connectivity index (χ4v) is 5.81. The van der Waals surface area contributed by atoms with E-state index >= 15 is 0 Å². The fourth-order valence-electron chi connectivity index (χ4n) is 4.31. The Bertz CT molecular complexity index is 1030. The highest BCUT2D eigenvalue weighted by Gasteiger charge is 2.34. The zero-order valence-corrected chi connectivity index (χ0v) is 21.5. The van der Waals surface area contributed by atoms with Crippen molar-refractivity contribution in [3.05, 3.63) is 47.4 Å². The van der Waals surface area contributed by atoms with E-state index < -0.39 is 10.0 Å². The van der Waals surface area contributed by atoms with Gasteiger partial charge in [0.25, 0.3) is 10.0 Å². The van der Waals surface area contributed by atoms with E-state index in [0.29, 0.717) is 37.7 Å². The molecular weight excluding hydrogens is 436 g/mol. The van der Waals surface area contributed by atoms with Crippen LogP contribution in [0, 0.1) is 18.8 Å². The summed E-state index contributed by atoms with van der Waals surface area (Å²) in [7, 11) is -1.86. The van der Waals surface area contributed by atoms with Crippen molar-refractivity contribution in [1.29, 1.82) is 0 Å². The van der Waals surface area contributed by atoms with Crippen molar-refractivity contribution < 1.29 is 13.2 Å². The van der Waals surface area contributed by atoms with Gasteiger partial charge in [-0.25, -0.2) is 13.4 Å². The van der Waals surface area contributed by atoms with Crippen LogP contribution >= 0.6 is 0 Å². The number of sulfonamides is 1. The van der Waals surface area contributed by atoms with Crippen molar-refractivity contribution in [2.24, 2.45) is 18.9 Å². The Morgan fingerprint density at radius 3 is 2.18 bits per heavy atom. The van der Waals surface area contributed by atoms with Gasteiger partial charge in [0, 0.05) is 32.3 Å². The van der Waals surface area contributed by atoms with Gasteiger partial charge in [-0.1, -0.05) is 52.0 Å². The first kappa shape index (κ1) is 25.4. The van der Waals surface area contributed by atoms with Crippen LogP contribution in [0.15, 0.2) is 35.5 Å². The van der Waals surface area contributed by atoms with Crippen molar-refractivity contribution in [2.75, 3.05) is 13.1 Å². The number of rotatable bonds is 8. The van der Waals surface area contributed by atoms with Crippen LogP contribution in [0.3, 0.4) is 0 Å². The molecule has 2 unspecified atom stereocenters. The number of imidazole rings is 1. The first-order chi connectivity index (χ1) is 15.5. The van der Waals surface area contributed by atoms with E-state index in [1.807, 2.05) is 0 Å². The number of piperidine rings is 1. The molecule has 1 N–H and O–H groups in total. The molecule has 2 aromatic rings. The van der Waals surface area contributed by atoms with E-state index in [9.17, 15) is 13.2 Å². The largest absolute Gasteiger partial charge is 0.349 e. The maximum Gasteiger partial charge on any atom is 0.262 e. The summed E-state index contributed by atoms with van der Waals surface area (Å²) in [6.45, 7) is 11.0. The van der Waals surface area contributed by atoms with E-state index in [1.165, 1.54) is 9.87 Å². The Labute approximate surface area is 198 Å². The fraction of sp³-hybridized carbons (Fsp3) is 0.600. The quantitative estimate of drug-likeness (QED) is 0.623. The molecule has 3 rings (SSSR count).